The number of hydrogen-bond donors (Lipinski definition) is 2. The van der Waals surface area contributed by atoms with E-state index >= 15 is 0 Å². The summed E-state index contributed by atoms with van der Waals surface area (Å²) < 4.78 is 38.3. The minimum atomic E-state index is -4.10. The first-order chi connectivity index (χ1) is 13.8. The molecular formula is C18H13ClFN3O4S2. The molecule has 0 spiro atoms. The van der Waals surface area contributed by atoms with Crippen molar-refractivity contribution in [2.24, 2.45) is 0 Å². The maximum absolute atomic E-state index is 13.1. The molecule has 0 unspecified atom stereocenters. The highest BCUT2D eigenvalue weighted by Gasteiger charge is 2.22. The van der Waals surface area contributed by atoms with Crippen LogP contribution in [-0.2, 0) is 14.6 Å². The van der Waals surface area contributed by atoms with Gasteiger partial charge in [-0.25, -0.2) is 17.8 Å². The van der Waals surface area contributed by atoms with Crippen LogP contribution < -0.4 is 10.9 Å². The Bertz CT molecular complexity index is 1230. The lowest BCUT2D eigenvalue weighted by atomic mass is 10.3. The molecule has 0 aliphatic carbocycles. The zero-order valence-corrected chi connectivity index (χ0v) is 16.9. The highest BCUT2D eigenvalue weighted by molar-refractivity contribution is 7.99. The number of aromatic nitrogens is 2. The lowest BCUT2D eigenvalue weighted by Gasteiger charge is -2.06. The third-order valence-electron chi connectivity index (χ3n) is 3.59. The van der Waals surface area contributed by atoms with Crippen LogP contribution in [0.3, 0.4) is 0 Å². The molecule has 150 valence electrons. The van der Waals surface area contributed by atoms with Gasteiger partial charge in [0.05, 0.1) is 16.8 Å². The van der Waals surface area contributed by atoms with Crippen LogP contribution in [0.1, 0.15) is 0 Å². The van der Waals surface area contributed by atoms with Crippen LogP contribution >= 0.6 is 23.4 Å². The highest BCUT2D eigenvalue weighted by atomic mass is 35.5. The first kappa shape index (κ1) is 21.0. The van der Waals surface area contributed by atoms with E-state index in [1.54, 1.807) is 0 Å². The first-order valence-corrected chi connectivity index (χ1v) is 10.9. The quantitative estimate of drug-likeness (QED) is 0.438. The van der Waals surface area contributed by atoms with Gasteiger partial charge in [0.1, 0.15) is 5.82 Å². The highest BCUT2D eigenvalue weighted by Crippen LogP contribution is 2.21. The third-order valence-corrected chi connectivity index (χ3v) is 6.45. The Morgan fingerprint density at radius 1 is 1.21 bits per heavy atom. The number of rotatable bonds is 6. The first-order valence-electron chi connectivity index (χ1n) is 8.04. The van der Waals surface area contributed by atoms with Gasteiger partial charge in [-0.15, -0.1) is 0 Å². The van der Waals surface area contributed by atoms with Crippen molar-refractivity contribution in [2.75, 3.05) is 11.1 Å². The number of amides is 1. The number of carbonyl (C=O) groups is 1. The Hall–Kier alpha value is -2.69. The molecule has 1 aromatic heterocycles. The fourth-order valence-corrected chi connectivity index (χ4v) is 4.46. The van der Waals surface area contributed by atoms with Crippen LogP contribution in [-0.4, -0.2) is 30.0 Å². The van der Waals surface area contributed by atoms with Crippen LogP contribution in [0.4, 0.5) is 10.1 Å². The average Bonchev–Trinajstić information content (AvgIpc) is 2.66. The molecule has 0 saturated heterocycles. The molecular weight excluding hydrogens is 441 g/mol. The van der Waals surface area contributed by atoms with Crippen LogP contribution in [0.5, 0.6) is 0 Å². The van der Waals surface area contributed by atoms with Gasteiger partial charge < -0.3 is 10.3 Å². The number of sulfone groups is 1. The van der Waals surface area contributed by atoms with Gasteiger partial charge in [-0.3, -0.25) is 9.59 Å². The molecule has 3 aromatic rings. The predicted octanol–water partition coefficient (Wildman–Crippen LogP) is 3.13. The normalized spacial score (nSPS) is 11.2. The van der Waals surface area contributed by atoms with Crippen molar-refractivity contribution in [1.29, 1.82) is 0 Å². The molecule has 2 aromatic carbocycles. The van der Waals surface area contributed by atoms with Crippen molar-refractivity contribution in [3.8, 4) is 0 Å². The van der Waals surface area contributed by atoms with Crippen LogP contribution in [0, 0.1) is 5.82 Å². The molecule has 2 N–H and O–H groups in total. The molecule has 3 rings (SSSR count). The summed E-state index contributed by atoms with van der Waals surface area (Å²) in [4.78, 5) is 29.8. The van der Waals surface area contributed by atoms with Gasteiger partial charge >= 0.3 is 0 Å². The van der Waals surface area contributed by atoms with Crippen LogP contribution in [0.15, 0.2) is 74.5 Å². The van der Waals surface area contributed by atoms with Gasteiger partial charge in [0.2, 0.25) is 15.7 Å². The maximum atomic E-state index is 13.1. The fourth-order valence-electron chi connectivity index (χ4n) is 2.29. The van der Waals surface area contributed by atoms with Crippen molar-refractivity contribution in [3.63, 3.8) is 0 Å². The topological polar surface area (TPSA) is 109 Å². The molecule has 7 nitrogen and oxygen atoms in total. The van der Waals surface area contributed by atoms with E-state index in [2.05, 4.69) is 15.3 Å². The zero-order chi connectivity index (χ0) is 21.0. The molecule has 0 fully saturated rings. The fraction of sp³-hybridized carbons (Fsp3) is 0.0556. The van der Waals surface area contributed by atoms with Crippen molar-refractivity contribution < 1.29 is 17.6 Å². The van der Waals surface area contributed by atoms with E-state index in [-0.39, 0.29) is 20.8 Å². The van der Waals surface area contributed by atoms with Gasteiger partial charge in [-0.1, -0.05) is 35.5 Å². The molecule has 0 aliphatic heterocycles. The summed E-state index contributed by atoms with van der Waals surface area (Å²) in [6.45, 7) is 0. The molecule has 0 saturated carbocycles. The number of anilines is 1. The Labute approximate surface area is 174 Å². The number of aromatic amines is 1. The van der Waals surface area contributed by atoms with Crippen molar-refractivity contribution in [1.82, 2.24) is 9.97 Å². The van der Waals surface area contributed by atoms with Crippen molar-refractivity contribution >= 4 is 44.8 Å². The van der Waals surface area contributed by atoms with Gasteiger partial charge in [-0.05, 0) is 36.4 Å². The van der Waals surface area contributed by atoms with E-state index in [1.807, 2.05) is 0 Å². The second-order valence-corrected chi connectivity index (χ2v) is 9.01. The van der Waals surface area contributed by atoms with E-state index in [0.717, 1.165) is 24.0 Å². The molecule has 1 amide bonds. The summed E-state index contributed by atoms with van der Waals surface area (Å²) in [6, 6.07) is 10.9. The van der Waals surface area contributed by atoms with E-state index in [4.69, 9.17) is 11.6 Å². The van der Waals surface area contributed by atoms with Gasteiger partial charge in [0.15, 0.2) is 10.1 Å². The molecule has 1 heterocycles. The monoisotopic (exact) mass is 453 g/mol. The second kappa shape index (κ2) is 8.76. The zero-order valence-electron chi connectivity index (χ0n) is 14.6. The average molecular weight is 454 g/mol. The summed E-state index contributed by atoms with van der Waals surface area (Å²) in [6.07, 6.45) is 0.932. The summed E-state index contributed by atoms with van der Waals surface area (Å²) in [5.41, 5.74) is -0.576. The standard InChI is InChI=1S/C18H13ClFN3O4S2/c19-11-3-1-6-14(7-11)29(26,27)15-9-21-18(23-17(15)25)28-10-16(24)22-13-5-2-4-12(20)8-13/h1-9H,10H2,(H,22,24)(H,21,23,25). The van der Waals surface area contributed by atoms with E-state index in [0.29, 0.717) is 5.69 Å². The summed E-state index contributed by atoms with van der Waals surface area (Å²) >= 11 is 6.71. The number of carbonyl (C=O) groups excluding carboxylic acids is 1. The van der Waals surface area contributed by atoms with Crippen molar-refractivity contribution in [2.45, 2.75) is 14.9 Å². The molecule has 11 heteroatoms. The maximum Gasteiger partial charge on any atom is 0.270 e. The Balaban J connectivity index is 1.71. The Morgan fingerprint density at radius 2 is 1.97 bits per heavy atom. The van der Waals surface area contributed by atoms with E-state index in [1.165, 1.54) is 42.5 Å². The van der Waals surface area contributed by atoms with Gasteiger partial charge in [0.25, 0.3) is 5.56 Å². The van der Waals surface area contributed by atoms with Crippen molar-refractivity contribution in [3.05, 3.63) is 75.9 Å². The molecule has 0 bridgehead atoms. The Kier molecular flexibility index (Phi) is 6.36. The third kappa shape index (κ3) is 5.22. The molecule has 0 atom stereocenters. The number of nitrogens with one attached hydrogen (secondary N) is 2. The number of nitrogens with zero attached hydrogens (tertiary/aromatic N) is 1. The smallest absolute Gasteiger partial charge is 0.270 e. The van der Waals surface area contributed by atoms with Crippen LogP contribution in [0.25, 0.3) is 0 Å². The van der Waals surface area contributed by atoms with E-state index in [9.17, 15) is 22.4 Å². The largest absolute Gasteiger partial charge is 0.325 e. The van der Waals surface area contributed by atoms with Gasteiger partial charge in [-0.2, -0.15) is 0 Å². The summed E-state index contributed by atoms with van der Waals surface area (Å²) in [7, 11) is -4.10. The summed E-state index contributed by atoms with van der Waals surface area (Å²) in [5, 5.41) is 2.78. The lowest BCUT2D eigenvalue weighted by Crippen LogP contribution is -2.20. The number of halogens is 2. The minimum absolute atomic E-state index is 0.0643. The number of benzene rings is 2. The Morgan fingerprint density at radius 3 is 2.66 bits per heavy atom. The second-order valence-electron chi connectivity index (χ2n) is 5.69. The van der Waals surface area contributed by atoms with Crippen LogP contribution in [0.2, 0.25) is 5.02 Å². The predicted molar refractivity (Wildman–Crippen MR) is 108 cm³/mol. The molecule has 0 radical (unpaired) electrons. The number of thioether (sulfide) groups is 1. The number of H-pyrrole nitrogens is 1. The SMILES string of the molecule is O=C(CSc1ncc(S(=O)(=O)c2cccc(Cl)c2)c(=O)[nH]1)Nc1cccc(F)c1. The summed E-state index contributed by atoms with van der Waals surface area (Å²) in [5.74, 6) is -1.06. The minimum Gasteiger partial charge on any atom is -0.325 e. The van der Waals surface area contributed by atoms with E-state index < -0.39 is 32.0 Å². The molecule has 0 aliphatic rings. The number of hydrogen-bond acceptors (Lipinski definition) is 6. The molecule has 29 heavy (non-hydrogen) atoms. The van der Waals surface area contributed by atoms with Gasteiger partial charge in [0, 0.05) is 10.7 Å². The lowest BCUT2D eigenvalue weighted by molar-refractivity contribution is -0.113.